The Morgan fingerprint density at radius 2 is 1.90 bits per heavy atom. The lowest BCUT2D eigenvalue weighted by Gasteiger charge is -2.50. The lowest BCUT2D eigenvalue weighted by Crippen LogP contribution is -2.70. The Morgan fingerprint density at radius 3 is 2.48 bits per heavy atom. The van der Waals surface area contributed by atoms with Gasteiger partial charge in [0.05, 0.1) is 0 Å². The molecule has 2 atom stereocenters. The predicted octanol–water partition coefficient (Wildman–Crippen LogP) is 4.30. The Labute approximate surface area is 186 Å². The molecule has 0 bridgehead atoms. The van der Waals surface area contributed by atoms with Crippen molar-refractivity contribution in [1.29, 1.82) is 0 Å². The summed E-state index contributed by atoms with van der Waals surface area (Å²) < 4.78 is 20.9. The lowest BCUT2D eigenvalue weighted by atomic mass is 9.86. The zero-order valence-corrected chi connectivity index (χ0v) is 20.1. The number of nitrogens with one attached hydrogen (secondary N) is 2. The van der Waals surface area contributed by atoms with E-state index in [4.69, 9.17) is 4.74 Å². The molecule has 2 aliphatic rings. The fraction of sp³-hybridized carbons (Fsp3) is 0.708. The first-order valence-corrected chi connectivity index (χ1v) is 11.4. The number of amides is 1. The van der Waals surface area contributed by atoms with Crippen molar-refractivity contribution in [2.24, 2.45) is 0 Å². The number of carbonyl (C=O) groups excluding carboxylic acids is 1. The molecule has 31 heavy (non-hydrogen) atoms. The molecule has 1 aromatic carbocycles. The monoisotopic (exact) mass is 434 g/mol. The molecule has 0 radical (unpaired) electrons. The second-order valence-electron chi connectivity index (χ2n) is 10.3. The molecule has 0 spiro atoms. The van der Waals surface area contributed by atoms with Crippen molar-refractivity contribution in [3.8, 4) is 0 Å². The largest absolute Gasteiger partial charge is 0.444 e. The van der Waals surface area contributed by atoms with E-state index in [1.165, 1.54) is 0 Å². The first kappa shape index (κ1) is 23.8. The highest BCUT2D eigenvalue weighted by atomic mass is 19.1. The van der Waals surface area contributed by atoms with Gasteiger partial charge in [0, 0.05) is 24.8 Å². The van der Waals surface area contributed by atoms with Crippen LogP contribution >= 0.6 is 0 Å². The molecule has 2 fully saturated rings. The summed E-state index contributed by atoms with van der Waals surface area (Å²) in [7, 11) is 2.11. The molecule has 2 N–H and O–H groups in total. The van der Waals surface area contributed by atoms with Crippen LogP contribution in [0.2, 0.25) is 0 Å². The van der Waals surface area contributed by atoms with Crippen LogP contribution in [0.5, 0.6) is 0 Å². The van der Waals surface area contributed by atoms with Gasteiger partial charge in [0.1, 0.15) is 17.1 Å². The van der Waals surface area contributed by atoms with Crippen LogP contribution in [-0.2, 0) is 4.74 Å². The van der Waals surface area contributed by atoms with Gasteiger partial charge in [-0.25, -0.2) is 9.18 Å². The van der Waals surface area contributed by atoms with Crippen LogP contribution in [0.4, 0.5) is 14.9 Å². The molecule has 0 saturated carbocycles. The standard InChI is InChI=1S/C24H39FN4O2/c1-16-14-19(15-20(25)21(16)18-8-11-28(7)12-9-18)27-24(6)17(2)26-10-13-29(24)22(30)31-23(3,4)5/h14-15,17-18,26-27H,8-13H2,1-7H3. The average Bonchev–Trinajstić information content (AvgIpc) is 2.63. The number of nitrogens with zero attached hydrogens (tertiary/aromatic N) is 2. The van der Waals surface area contributed by atoms with E-state index in [9.17, 15) is 4.79 Å². The van der Waals surface area contributed by atoms with E-state index in [-0.39, 0.29) is 23.9 Å². The molecule has 1 aromatic rings. The predicted molar refractivity (Wildman–Crippen MR) is 123 cm³/mol. The molecule has 3 rings (SSSR count). The van der Waals surface area contributed by atoms with Gasteiger partial charge in [-0.1, -0.05) is 0 Å². The highest BCUT2D eigenvalue weighted by Gasteiger charge is 2.44. The number of likely N-dealkylation sites (tertiary alicyclic amines) is 1. The molecule has 7 heteroatoms. The van der Waals surface area contributed by atoms with Gasteiger partial charge in [0.15, 0.2) is 0 Å². The number of halogens is 1. The molecule has 1 amide bonds. The number of carbonyl (C=O) groups is 1. The zero-order valence-electron chi connectivity index (χ0n) is 20.1. The minimum atomic E-state index is -0.755. The Hall–Kier alpha value is -1.86. The Bertz CT molecular complexity index is 778. The highest BCUT2D eigenvalue weighted by Crippen LogP contribution is 2.35. The van der Waals surface area contributed by atoms with E-state index in [0.717, 1.165) is 37.1 Å². The number of rotatable bonds is 3. The Morgan fingerprint density at radius 1 is 1.26 bits per heavy atom. The topological polar surface area (TPSA) is 56.8 Å². The molecule has 0 aliphatic carbocycles. The summed E-state index contributed by atoms with van der Waals surface area (Å²) in [5.41, 5.74) is 1.14. The molecular formula is C24H39FN4O2. The minimum absolute atomic E-state index is 0.0503. The van der Waals surface area contributed by atoms with Gasteiger partial charge in [-0.3, -0.25) is 4.90 Å². The van der Waals surface area contributed by atoms with Crippen LogP contribution in [-0.4, -0.2) is 66.4 Å². The SMILES string of the molecule is Cc1cc(NC2(C)C(C)NCCN2C(=O)OC(C)(C)C)cc(F)c1C1CCN(C)CC1. The maximum Gasteiger partial charge on any atom is 0.412 e. The Balaban J connectivity index is 1.85. The number of anilines is 1. The summed E-state index contributed by atoms with van der Waals surface area (Å²) in [5, 5.41) is 6.88. The van der Waals surface area contributed by atoms with Crippen molar-refractivity contribution in [2.45, 2.75) is 77.6 Å². The van der Waals surface area contributed by atoms with Crippen LogP contribution in [0.1, 0.15) is 64.5 Å². The van der Waals surface area contributed by atoms with Gasteiger partial charge in [-0.05, 0) is 104 Å². The van der Waals surface area contributed by atoms with E-state index >= 15 is 4.39 Å². The fourth-order valence-electron chi connectivity index (χ4n) is 4.77. The molecule has 174 valence electrons. The molecular weight excluding hydrogens is 395 g/mol. The maximum absolute atomic E-state index is 15.3. The van der Waals surface area contributed by atoms with E-state index in [1.807, 2.05) is 47.6 Å². The van der Waals surface area contributed by atoms with E-state index in [0.29, 0.717) is 18.8 Å². The quantitative estimate of drug-likeness (QED) is 0.743. The van der Waals surface area contributed by atoms with E-state index in [1.54, 1.807) is 11.0 Å². The van der Waals surface area contributed by atoms with Gasteiger partial charge in [-0.2, -0.15) is 0 Å². The Kier molecular flexibility index (Phi) is 6.87. The first-order valence-electron chi connectivity index (χ1n) is 11.4. The van der Waals surface area contributed by atoms with Gasteiger partial charge in [0.25, 0.3) is 0 Å². The summed E-state index contributed by atoms with van der Waals surface area (Å²) in [6, 6.07) is 3.54. The number of benzene rings is 1. The van der Waals surface area contributed by atoms with Crippen molar-refractivity contribution < 1.29 is 13.9 Å². The van der Waals surface area contributed by atoms with Crippen LogP contribution in [0.15, 0.2) is 12.1 Å². The molecule has 2 aliphatic heterocycles. The number of piperidine rings is 1. The number of ether oxygens (including phenoxy) is 1. The first-order chi connectivity index (χ1) is 14.4. The van der Waals surface area contributed by atoms with E-state index < -0.39 is 11.3 Å². The molecule has 2 heterocycles. The molecule has 2 unspecified atom stereocenters. The summed E-state index contributed by atoms with van der Waals surface area (Å²) in [5.74, 6) is 0.0928. The molecule has 2 saturated heterocycles. The van der Waals surface area contributed by atoms with Gasteiger partial charge in [0.2, 0.25) is 0 Å². The smallest absolute Gasteiger partial charge is 0.412 e. The van der Waals surface area contributed by atoms with Gasteiger partial charge >= 0.3 is 6.09 Å². The number of piperazine rings is 1. The summed E-state index contributed by atoms with van der Waals surface area (Å²) >= 11 is 0. The minimum Gasteiger partial charge on any atom is -0.444 e. The van der Waals surface area contributed by atoms with Gasteiger partial charge in [-0.15, -0.1) is 0 Å². The molecule has 6 nitrogen and oxygen atoms in total. The molecule has 0 aromatic heterocycles. The highest BCUT2D eigenvalue weighted by molar-refractivity contribution is 5.70. The van der Waals surface area contributed by atoms with Crippen molar-refractivity contribution in [3.05, 3.63) is 29.1 Å². The number of hydrogen-bond acceptors (Lipinski definition) is 5. The maximum atomic E-state index is 15.3. The van der Waals surface area contributed by atoms with Crippen molar-refractivity contribution in [2.75, 3.05) is 38.5 Å². The summed E-state index contributed by atoms with van der Waals surface area (Å²) in [6.07, 6.45) is 1.59. The van der Waals surface area contributed by atoms with Crippen LogP contribution < -0.4 is 10.6 Å². The number of hydrogen-bond donors (Lipinski definition) is 2. The average molecular weight is 435 g/mol. The van der Waals surface area contributed by atoms with Crippen LogP contribution in [0.25, 0.3) is 0 Å². The third-order valence-electron chi connectivity index (χ3n) is 6.66. The van der Waals surface area contributed by atoms with Crippen molar-refractivity contribution >= 4 is 11.8 Å². The number of aryl methyl sites for hydroxylation is 1. The second kappa shape index (κ2) is 8.94. The summed E-state index contributed by atoms with van der Waals surface area (Å²) in [4.78, 5) is 17.0. The van der Waals surface area contributed by atoms with Crippen LogP contribution in [0.3, 0.4) is 0 Å². The summed E-state index contributed by atoms with van der Waals surface area (Å²) in [6.45, 7) is 14.7. The van der Waals surface area contributed by atoms with Crippen LogP contribution in [0, 0.1) is 12.7 Å². The van der Waals surface area contributed by atoms with Gasteiger partial charge < -0.3 is 20.3 Å². The third kappa shape index (κ3) is 5.32. The second-order valence-corrected chi connectivity index (χ2v) is 10.3. The normalized spacial score (nSPS) is 26.1. The van der Waals surface area contributed by atoms with E-state index in [2.05, 4.69) is 22.6 Å². The lowest BCUT2D eigenvalue weighted by molar-refractivity contribution is -0.00977. The zero-order chi connectivity index (χ0) is 23.0. The van der Waals surface area contributed by atoms with Crippen molar-refractivity contribution in [3.63, 3.8) is 0 Å². The third-order valence-corrected chi connectivity index (χ3v) is 6.66. The van der Waals surface area contributed by atoms with Crippen molar-refractivity contribution in [1.82, 2.24) is 15.1 Å². The fourth-order valence-corrected chi connectivity index (χ4v) is 4.77.